The van der Waals surface area contributed by atoms with Crippen molar-refractivity contribution in [1.29, 1.82) is 5.26 Å². The third-order valence-corrected chi connectivity index (χ3v) is 4.92. The van der Waals surface area contributed by atoms with Gasteiger partial charge in [-0.25, -0.2) is 4.98 Å². The number of amides is 1. The van der Waals surface area contributed by atoms with Crippen molar-refractivity contribution < 1.29 is 9.53 Å². The smallest absolute Gasteiger partial charge is 0.270 e. The molecular weight excluding hydrogens is 388 g/mol. The third kappa shape index (κ3) is 5.03. The molecule has 0 aliphatic carbocycles. The summed E-state index contributed by atoms with van der Waals surface area (Å²) >= 11 is 1.09. The highest BCUT2D eigenvalue weighted by atomic mass is 32.2. The Bertz CT molecular complexity index is 1120. The van der Waals surface area contributed by atoms with Crippen molar-refractivity contribution >= 4 is 23.4 Å². The molecule has 0 saturated carbocycles. The van der Waals surface area contributed by atoms with Crippen molar-refractivity contribution in [2.24, 2.45) is 0 Å². The van der Waals surface area contributed by atoms with Gasteiger partial charge in [0.1, 0.15) is 17.4 Å². The summed E-state index contributed by atoms with van der Waals surface area (Å²) in [4.78, 5) is 31.4. The number of aromatic amines is 1. The van der Waals surface area contributed by atoms with Gasteiger partial charge in [-0.2, -0.15) is 5.26 Å². The molecule has 3 rings (SSSR count). The highest BCUT2D eigenvalue weighted by Gasteiger charge is 2.15. The lowest BCUT2D eigenvalue weighted by atomic mass is 10.1. The summed E-state index contributed by atoms with van der Waals surface area (Å²) < 4.78 is 5.13. The van der Waals surface area contributed by atoms with Gasteiger partial charge in [-0.3, -0.25) is 9.59 Å². The fourth-order valence-electron chi connectivity index (χ4n) is 2.55. The molecule has 1 heterocycles. The van der Waals surface area contributed by atoms with E-state index in [4.69, 9.17) is 4.74 Å². The fraction of sp³-hybridized carbons (Fsp3) is 0.143. The summed E-state index contributed by atoms with van der Waals surface area (Å²) in [5.41, 5.74) is 2.04. The Hall–Kier alpha value is -3.57. The van der Waals surface area contributed by atoms with Gasteiger partial charge in [-0.05, 0) is 43.3 Å². The van der Waals surface area contributed by atoms with Crippen molar-refractivity contribution in [2.45, 2.75) is 12.1 Å². The molecule has 8 heteroatoms. The fourth-order valence-corrected chi connectivity index (χ4v) is 3.21. The topological polar surface area (TPSA) is 108 Å². The third-order valence-electron chi connectivity index (χ3n) is 4.05. The van der Waals surface area contributed by atoms with Gasteiger partial charge in [0.15, 0.2) is 5.16 Å². The van der Waals surface area contributed by atoms with Gasteiger partial charge in [0.2, 0.25) is 5.91 Å². The first-order valence-corrected chi connectivity index (χ1v) is 9.67. The van der Waals surface area contributed by atoms with Crippen LogP contribution in [0.3, 0.4) is 0 Å². The van der Waals surface area contributed by atoms with E-state index in [-0.39, 0.29) is 28.1 Å². The largest absolute Gasteiger partial charge is 0.497 e. The summed E-state index contributed by atoms with van der Waals surface area (Å²) in [5.74, 6) is 0.487. The number of benzene rings is 2. The van der Waals surface area contributed by atoms with E-state index < -0.39 is 5.56 Å². The number of nitrogens with one attached hydrogen (secondary N) is 2. The van der Waals surface area contributed by atoms with Crippen LogP contribution in [0.5, 0.6) is 5.75 Å². The molecule has 0 aliphatic rings. The molecule has 2 aromatic carbocycles. The monoisotopic (exact) mass is 406 g/mol. The Balaban J connectivity index is 1.78. The number of thioether (sulfide) groups is 1. The molecule has 1 aromatic heterocycles. The maximum absolute atomic E-state index is 12.3. The van der Waals surface area contributed by atoms with Crippen LogP contribution >= 0.6 is 11.8 Å². The molecule has 3 aromatic rings. The van der Waals surface area contributed by atoms with E-state index in [0.29, 0.717) is 17.0 Å². The van der Waals surface area contributed by atoms with Gasteiger partial charge in [0.25, 0.3) is 5.56 Å². The Kier molecular flexibility index (Phi) is 6.32. The number of methoxy groups -OCH3 is 1. The lowest BCUT2D eigenvalue weighted by Gasteiger charge is -2.08. The van der Waals surface area contributed by atoms with Crippen LogP contribution in [0, 0.1) is 18.3 Å². The van der Waals surface area contributed by atoms with E-state index in [1.807, 2.05) is 37.3 Å². The van der Waals surface area contributed by atoms with Crippen LogP contribution in [0.15, 0.2) is 58.5 Å². The van der Waals surface area contributed by atoms with Crippen LogP contribution in [0.1, 0.15) is 11.1 Å². The summed E-state index contributed by atoms with van der Waals surface area (Å²) in [5, 5.41) is 12.4. The van der Waals surface area contributed by atoms with Crippen molar-refractivity contribution in [3.05, 3.63) is 70.0 Å². The number of H-pyrrole nitrogens is 1. The number of ether oxygens (including phenoxy) is 1. The number of anilines is 1. The highest BCUT2D eigenvalue weighted by molar-refractivity contribution is 7.99. The number of nitrogens with zero attached hydrogens (tertiary/aromatic N) is 2. The zero-order valence-corrected chi connectivity index (χ0v) is 16.7. The molecule has 0 spiro atoms. The van der Waals surface area contributed by atoms with Crippen molar-refractivity contribution in [1.82, 2.24) is 9.97 Å². The number of carbonyl (C=O) groups excluding carboxylic acids is 1. The highest BCUT2D eigenvalue weighted by Crippen LogP contribution is 2.24. The normalized spacial score (nSPS) is 10.2. The molecule has 146 valence electrons. The van der Waals surface area contributed by atoms with E-state index in [1.54, 1.807) is 31.4 Å². The molecule has 1 amide bonds. The second-order valence-corrected chi connectivity index (χ2v) is 7.10. The second kappa shape index (κ2) is 9.08. The molecule has 0 saturated heterocycles. The number of nitriles is 1. The molecule has 0 bridgehead atoms. The maximum atomic E-state index is 12.3. The number of carbonyl (C=O) groups is 1. The van der Waals surface area contributed by atoms with Crippen molar-refractivity contribution in [3.63, 3.8) is 0 Å². The van der Waals surface area contributed by atoms with Gasteiger partial charge in [-0.1, -0.05) is 29.5 Å². The lowest BCUT2D eigenvalue weighted by Crippen LogP contribution is -2.17. The summed E-state index contributed by atoms with van der Waals surface area (Å²) in [7, 11) is 1.55. The lowest BCUT2D eigenvalue weighted by molar-refractivity contribution is -0.113. The number of hydrogen-bond donors (Lipinski definition) is 2. The van der Waals surface area contributed by atoms with Gasteiger partial charge in [0.05, 0.1) is 18.6 Å². The van der Waals surface area contributed by atoms with Crippen LogP contribution in [-0.4, -0.2) is 28.7 Å². The Morgan fingerprint density at radius 2 is 1.90 bits per heavy atom. The Morgan fingerprint density at radius 3 is 2.52 bits per heavy atom. The molecule has 0 atom stereocenters. The molecule has 0 radical (unpaired) electrons. The van der Waals surface area contributed by atoms with Crippen LogP contribution in [-0.2, 0) is 4.79 Å². The van der Waals surface area contributed by atoms with Gasteiger partial charge in [-0.15, -0.1) is 0 Å². The first-order valence-electron chi connectivity index (χ1n) is 8.68. The number of hydrogen-bond acceptors (Lipinski definition) is 6. The van der Waals surface area contributed by atoms with Crippen LogP contribution < -0.4 is 15.6 Å². The minimum Gasteiger partial charge on any atom is -0.497 e. The predicted octanol–water partition coefficient (Wildman–Crippen LogP) is 3.36. The quantitative estimate of drug-likeness (QED) is 0.480. The van der Waals surface area contributed by atoms with Crippen LogP contribution in [0.4, 0.5) is 5.69 Å². The Labute approximate surface area is 171 Å². The second-order valence-electron chi connectivity index (χ2n) is 6.14. The minimum absolute atomic E-state index is 0.0603. The summed E-state index contributed by atoms with van der Waals surface area (Å²) in [6.45, 7) is 1.97. The molecule has 29 heavy (non-hydrogen) atoms. The molecule has 0 aliphatic heterocycles. The number of rotatable bonds is 6. The molecule has 0 unspecified atom stereocenters. The average Bonchev–Trinajstić information content (AvgIpc) is 2.73. The van der Waals surface area contributed by atoms with Crippen LogP contribution in [0.25, 0.3) is 11.3 Å². The van der Waals surface area contributed by atoms with Gasteiger partial charge >= 0.3 is 0 Å². The predicted molar refractivity (Wildman–Crippen MR) is 112 cm³/mol. The molecule has 7 nitrogen and oxygen atoms in total. The first kappa shape index (κ1) is 20.2. The minimum atomic E-state index is -0.547. The number of aryl methyl sites for hydroxylation is 1. The van der Waals surface area contributed by atoms with E-state index in [9.17, 15) is 14.9 Å². The van der Waals surface area contributed by atoms with Gasteiger partial charge < -0.3 is 15.0 Å². The SMILES string of the molecule is COc1ccc(-c2nc(SCC(=O)Nc3ccc(C)cc3)[nH]c(=O)c2C#N)cc1. The van der Waals surface area contributed by atoms with E-state index in [2.05, 4.69) is 15.3 Å². The molecule has 2 N–H and O–H groups in total. The standard InChI is InChI=1S/C21H18N4O3S/c1-13-3-7-15(8-4-13)23-18(26)12-29-21-24-19(17(11-22)20(27)25-21)14-5-9-16(28-2)10-6-14/h3-10H,12H2,1-2H3,(H,23,26)(H,24,25,27). The zero-order chi connectivity index (χ0) is 20.8. The van der Waals surface area contributed by atoms with Crippen molar-refractivity contribution in [2.75, 3.05) is 18.2 Å². The van der Waals surface area contributed by atoms with E-state index in [0.717, 1.165) is 17.3 Å². The summed E-state index contributed by atoms with van der Waals surface area (Å²) in [6.07, 6.45) is 0. The summed E-state index contributed by atoms with van der Waals surface area (Å²) in [6, 6.07) is 16.2. The Morgan fingerprint density at radius 1 is 1.21 bits per heavy atom. The first-order chi connectivity index (χ1) is 14.0. The average molecular weight is 406 g/mol. The van der Waals surface area contributed by atoms with E-state index >= 15 is 0 Å². The van der Waals surface area contributed by atoms with Crippen molar-refractivity contribution in [3.8, 4) is 23.1 Å². The molecule has 0 fully saturated rings. The van der Waals surface area contributed by atoms with Crippen LogP contribution in [0.2, 0.25) is 0 Å². The van der Waals surface area contributed by atoms with E-state index in [1.165, 1.54) is 0 Å². The maximum Gasteiger partial charge on any atom is 0.270 e. The zero-order valence-electron chi connectivity index (χ0n) is 15.9. The number of aromatic nitrogens is 2. The van der Waals surface area contributed by atoms with Gasteiger partial charge in [0, 0.05) is 11.3 Å². The molecular formula is C21H18N4O3S.